The molecule has 2 fully saturated rings. The van der Waals surface area contributed by atoms with Gasteiger partial charge in [-0.25, -0.2) is 13.8 Å². The minimum absolute atomic E-state index is 0.0742. The number of hydrogen-bond donors (Lipinski definition) is 2. The van der Waals surface area contributed by atoms with Crippen LogP contribution in [0.4, 0.5) is 20.4 Å². The Morgan fingerprint density at radius 1 is 1.21 bits per heavy atom. The van der Waals surface area contributed by atoms with Gasteiger partial charge in [0.15, 0.2) is 23.3 Å². The second-order valence-electron chi connectivity index (χ2n) is 5.18. The minimum Gasteiger partial charge on any atom is -0.371 e. The average Bonchev–Trinajstić information content (AvgIpc) is 2.97. The SMILES string of the molecule is CNc1nc(NC2CCN3CCCC23)c(F)cc1F. The maximum absolute atomic E-state index is 13.8. The first-order valence-electron chi connectivity index (χ1n) is 6.73. The van der Waals surface area contributed by atoms with Crippen molar-refractivity contribution in [2.24, 2.45) is 0 Å². The Morgan fingerprint density at radius 2 is 2.00 bits per heavy atom. The van der Waals surface area contributed by atoms with E-state index in [4.69, 9.17) is 0 Å². The van der Waals surface area contributed by atoms with E-state index in [1.54, 1.807) is 7.05 Å². The van der Waals surface area contributed by atoms with Gasteiger partial charge in [-0.15, -0.1) is 0 Å². The van der Waals surface area contributed by atoms with Crippen molar-refractivity contribution >= 4 is 11.6 Å². The highest BCUT2D eigenvalue weighted by molar-refractivity contribution is 5.48. The summed E-state index contributed by atoms with van der Waals surface area (Å²) in [6.07, 6.45) is 3.32. The number of halogens is 2. The molecule has 2 unspecified atom stereocenters. The summed E-state index contributed by atoms with van der Waals surface area (Å²) in [5.41, 5.74) is 0. The minimum atomic E-state index is -0.667. The average molecular weight is 268 g/mol. The fourth-order valence-corrected chi connectivity index (χ4v) is 3.17. The first-order valence-corrected chi connectivity index (χ1v) is 6.73. The quantitative estimate of drug-likeness (QED) is 0.880. The monoisotopic (exact) mass is 268 g/mol. The van der Waals surface area contributed by atoms with E-state index in [2.05, 4.69) is 20.5 Å². The molecule has 4 nitrogen and oxygen atoms in total. The van der Waals surface area contributed by atoms with Gasteiger partial charge in [-0.2, -0.15) is 0 Å². The lowest BCUT2D eigenvalue weighted by atomic mass is 10.1. The molecule has 2 aliphatic heterocycles. The van der Waals surface area contributed by atoms with Gasteiger partial charge in [0, 0.05) is 31.7 Å². The molecule has 3 rings (SSSR count). The standard InChI is InChI=1S/C13H18F2N4/c1-16-12-8(14)7-9(15)13(18-12)17-10-4-6-19-5-2-3-11(10)19/h7,10-11H,2-6H2,1H3,(H2,16,17,18). The summed E-state index contributed by atoms with van der Waals surface area (Å²) in [6, 6.07) is 1.55. The maximum atomic E-state index is 13.8. The highest BCUT2D eigenvalue weighted by Gasteiger charge is 2.37. The molecule has 2 N–H and O–H groups in total. The van der Waals surface area contributed by atoms with Gasteiger partial charge in [-0.1, -0.05) is 0 Å². The summed E-state index contributed by atoms with van der Waals surface area (Å²) in [4.78, 5) is 6.41. The van der Waals surface area contributed by atoms with Crippen LogP contribution in [0.2, 0.25) is 0 Å². The number of nitrogens with one attached hydrogen (secondary N) is 2. The predicted octanol–water partition coefficient (Wildman–Crippen LogP) is 2.05. The first kappa shape index (κ1) is 12.6. The van der Waals surface area contributed by atoms with Crippen LogP contribution in [0, 0.1) is 11.6 Å². The molecular formula is C13H18F2N4. The van der Waals surface area contributed by atoms with Crippen LogP contribution in [0.25, 0.3) is 0 Å². The van der Waals surface area contributed by atoms with Crippen LogP contribution >= 0.6 is 0 Å². The van der Waals surface area contributed by atoms with Gasteiger partial charge < -0.3 is 10.6 Å². The molecule has 0 saturated carbocycles. The summed E-state index contributed by atoms with van der Waals surface area (Å²) in [5, 5.41) is 5.78. The van der Waals surface area contributed by atoms with Gasteiger partial charge >= 0.3 is 0 Å². The second-order valence-corrected chi connectivity index (χ2v) is 5.18. The molecule has 0 aliphatic carbocycles. The molecule has 0 aromatic carbocycles. The topological polar surface area (TPSA) is 40.2 Å². The zero-order chi connectivity index (χ0) is 13.4. The van der Waals surface area contributed by atoms with Gasteiger partial charge in [0.1, 0.15) is 0 Å². The molecule has 19 heavy (non-hydrogen) atoms. The molecule has 6 heteroatoms. The van der Waals surface area contributed by atoms with Crippen LogP contribution in [0.1, 0.15) is 19.3 Å². The third-order valence-electron chi connectivity index (χ3n) is 4.09. The Labute approximate surface area is 111 Å². The fraction of sp³-hybridized carbons (Fsp3) is 0.615. The number of fused-ring (bicyclic) bond motifs is 1. The molecule has 2 aliphatic rings. The Hall–Kier alpha value is -1.43. The van der Waals surface area contributed by atoms with Crippen LogP contribution in [0.3, 0.4) is 0 Å². The van der Waals surface area contributed by atoms with Crippen molar-refractivity contribution in [1.82, 2.24) is 9.88 Å². The van der Waals surface area contributed by atoms with Crippen LogP contribution < -0.4 is 10.6 Å². The summed E-state index contributed by atoms with van der Waals surface area (Å²) >= 11 is 0. The lowest BCUT2D eigenvalue weighted by Gasteiger charge is -2.22. The lowest BCUT2D eigenvalue weighted by molar-refractivity contribution is 0.318. The predicted molar refractivity (Wildman–Crippen MR) is 70.3 cm³/mol. The molecule has 104 valence electrons. The third kappa shape index (κ3) is 2.25. The smallest absolute Gasteiger partial charge is 0.168 e. The summed E-state index contributed by atoms with van der Waals surface area (Å²) < 4.78 is 27.1. The molecule has 0 radical (unpaired) electrons. The largest absolute Gasteiger partial charge is 0.371 e. The number of rotatable bonds is 3. The Kier molecular flexibility index (Phi) is 3.26. The molecule has 1 aromatic rings. The highest BCUT2D eigenvalue weighted by atomic mass is 19.1. The Morgan fingerprint density at radius 3 is 2.79 bits per heavy atom. The fourth-order valence-electron chi connectivity index (χ4n) is 3.17. The van der Waals surface area contributed by atoms with E-state index in [-0.39, 0.29) is 17.7 Å². The Balaban J connectivity index is 1.79. The second kappa shape index (κ2) is 4.92. The van der Waals surface area contributed by atoms with Gasteiger partial charge in [-0.05, 0) is 25.8 Å². The number of aromatic nitrogens is 1. The van der Waals surface area contributed by atoms with E-state index in [9.17, 15) is 8.78 Å². The molecule has 2 atom stereocenters. The van der Waals surface area contributed by atoms with E-state index in [1.807, 2.05) is 0 Å². The van der Waals surface area contributed by atoms with Gasteiger partial charge in [0.05, 0.1) is 0 Å². The van der Waals surface area contributed by atoms with E-state index >= 15 is 0 Å². The van der Waals surface area contributed by atoms with E-state index in [0.29, 0.717) is 6.04 Å². The number of nitrogens with zero attached hydrogens (tertiary/aromatic N) is 2. The van der Waals surface area contributed by atoms with Crippen molar-refractivity contribution in [2.45, 2.75) is 31.3 Å². The Bertz CT molecular complexity index is 480. The first-order chi connectivity index (χ1) is 9.19. The van der Waals surface area contributed by atoms with E-state index < -0.39 is 11.6 Å². The van der Waals surface area contributed by atoms with E-state index in [0.717, 1.165) is 32.0 Å². The van der Waals surface area contributed by atoms with Crippen molar-refractivity contribution in [1.29, 1.82) is 0 Å². The van der Waals surface area contributed by atoms with Crippen molar-refractivity contribution in [3.05, 3.63) is 17.7 Å². The molecule has 0 bridgehead atoms. The third-order valence-corrected chi connectivity index (χ3v) is 4.09. The molecular weight excluding hydrogens is 250 g/mol. The summed E-state index contributed by atoms with van der Waals surface area (Å²) in [5.74, 6) is -1.08. The number of anilines is 2. The summed E-state index contributed by atoms with van der Waals surface area (Å²) in [6.45, 7) is 2.17. The highest BCUT2D eigenvalue weighted by Crippen LogP contribution is 2.30. The van der Waals surface area contributed by atoms with Crippen LogP contribution in [-0.4, -0.2) is 42.1 Å². The number of pyridine rings is 1. The molecule has 2 saturated heterocycles. The molecule has 0 spiro atoms. The van der Waals surface area contributed by atoms with E-state index in [1.165, 1.54) is 6.42 Å². The molecule has 3 heterocycles. The normalized spacial score (nSPS) is 26.5. The van der Waals surface area contributed by atoms with Crippen molar-refractivity contribution in [3.8, 4) is 0 Å². The van der Waals surface area contributed by atoms with Crippen molar-refractivity contribution in [3.63, 3.8) is 0 Å². The lowest BCUT2D eigenvalue weighted by Crippen LogP contribution is -2.34. The zero-order valence-electron chi connectivity index (χ0n) is 10.9. The van der Waals surface area contributed by atoms with Crippen LogP contribution in [0.5, 0.6) is 0 Å². The van der Waals surface area contributed by atoms with Gasteiger partial charge in [-0.3, -0.25) is 4.90 Å². The maximum Gasteiger partial charge on any atom is 0.168 e. The van der Waals surface area contributed by atoms with Gasteiger partial charge in [0.25, 0.3) is 0 Å². The molecule has 0 amide bonds. The van der Waals surface area contributed by atoms with Gasteiger partial charge in [0.2, 0.25) is 0 Å². The summed E-state index contributed by atoms with van der Waals surface area (Å²) in [7, 11) is 1.57. The van der Waals surface area contributed by atoms with Crippen molar-refractivity contribution < 1.29 is 8.78 Å². The molecule has 1 aromatic heterocycles. The number of hydrogen-bond acceptors (Lipinski definition) is 4. The van der Waals surface area contributed by atoms with Crippen LogP contribution in [0.15, 0.2) is 6.07 Å². The van der Waals surface area contributed by atoms with Crippen molar-refractivity contribution in [2.75, 3.05) is 30.8 Å². The zero-order valence-corrected chi connectivity index (χ0v) is 10.9. The van der Waals surface area contributed by atoms with Crippen LogP contribution in [-0.2, 0) is 0 Å².